The first-order chi connectivity index (χ1) is 8.76. The van der Waals surface area contributed by atoms with Crippen molar-refractivity contribution >= 4 is 0 Å². The Morgan fingerprint density at radius 3 is 2.72 bits per heavy atom. The van der Waals surface area contributed by atoms with E-state index in [9.17, 15) is 0 Å². The maximum Gasteiger partial charge on any atom is 0.119 e. The molecule has 1 unspecified atom stereocenters. The Morgan fingerprint density at radius 1 is 1.28 bits per heavy atom. The summed E-state index contributed by atoms with van der Waals surface area (Å²) in [5.74, 6) is 2.67. The quantitative estimate of drug-likeness (QED) is 0.859. The van der Waals surface area contributed by atoms with E-state index in [0.29, 0.717) is 0 Å². The van der Waals surface area contributed by atoms with E-state index >= 15 is 0 Å². The van der Waals surface area contributed by atoms with Gasteiger partial charge in [0.05, 0.1) is 7.11 Å². The Balaban J connectivity index is 1.51. The topological polar surface area (TPSA) is 21.3 Å². The molecule has 0 aliphatic heterocycles. The molecular formula is C16H23NO. The van der Waals surface area contributed by atoms with Crippen molar-refractivity contribution in [2.24, 2.45) is 5.92 Å². The third-order valence-corrected chi connectivity index (χ3v) is 4.53. The highest BCUT2D eigenvalue weighted by molar-refractivity contribution is 5.32. The number of nitrogens with one attached hydrogen (secondary N) is 1. The number of methoxy groups -OCH3 is 1. The van der Waals surface area contributed by atoms with E-state index in [1.54, 1.807) is 7.11 Å². The molecule has 1 aromatic rings. The largest absolute Gasteiger partial charge is 0.497 e. The van der Waals surface area contributed by atoms with E-state index in [1.807, 2.05) is 6.07 Å². The number of rotatable bonds is 5. The Bertz CT molecular complexity index is 407. The normalized spacial score (nSPS) is 28.6. The van der Waals surface area contributed by atoms with Crippen molar-refractivity contribution in [2.45, 2.75) is 50.6 Å². The first-order valence-electron chi connectivity index (χ1n) is 7.16. The van der Waals surface area contributed by atoms with Gasteiger partial charge >= 0.3 is 0 Å². The van der Waals surface area contributed by atoms with Gasteiger partial charge < -0.3 is 10.1 Å². The molecule has 0 spiro atoms. The van der Waals surface area contributed by atoms with Gasteiger partial charge in [0, 0.05) is 12.1 Å². The number of hydrogen-bond acceptors (Lipinski definition) is 2. The second-order valence-electron chi connectivity index (χ2n) is 5.93. The molecule has 0 amide bonds. The molecule has 0 aromatic heterocycles. The standard InChI is InChI=1S/C16H23NO/c1-11(12-6-7-12)17-15-8-14(9-15)13-4-3-5-16(10-13)18-2/h3-5,10-12,14-15,17H,6-9H2,1-2H3. The fourth-order valence-corrected chi connectivity index (χ4v) is 3.03. The molecular weight excluding hydrogens is 222 g/mol. The molecule has 2 aliphatic carbocycles. The van der Waals surface area contributed by atoms with Crippen LogP contribution in [0.2, 0.25) is 0 Å². The van der Waals surface area contributed by atoms with Crippen molar-refractivity contribution in [3.63, 3.8) is 0 Å². The predicted octanol–water partition coefficient (Wildman–Crippen LogP) is 3.33. The van der Waals surface area contributed by atoms with E-state index < -0.39 is 0 Å². The Labute approximate surface area is 110 Å². The average Bonchev–Trinajstić information content (AvgIpc) is 3.17. The van der Waals surface area contributed by atoms with Crippen LogP contribution in [-0.4, -0.2) is 19.2 Å². The van der Waals surface area contributed by atoms with Crippen LogP contribution in [0.3, 0.4) is 0 Å². The zero-order valence-electron chi connectivity index (χ0n) is 11.4. The molecule has 0 saturated heterocycles. The van der Waals surface area contributed by atoms with Crippen LogP contribution >= 0.6 is 0 Å². The van der Waals surface area contributed by atoms with Crippen molar-refractivity contribution in [3.8, 4) is 5.75 Å². The van der Waals surface area contributed by atoms with Gasteiger partial charge in [0.25, 0.3) is 0 Å². The number of ether oxygens (including phenoxy) is 1. The van der Waals surface area contributed by atoms with Gasteiger partial charge in [-0.05, 0) is 62.1 Å². The molecule has 2 nitrogen and oxygen atoms in total. The van der Waals surface area contributed by atoms with Crippen LogP contribution in [0.5, 0.6) is 5.75 Å². The summed E-state index contributed by atoms with van der Waals surface area (Å²) in [5, 5.41) is 3.78. The van der Waals surface area contributed by atoms with Crippen LogP contribution in [-0.2, 0) is 0 Å². The van der Waals surface area contributed by atoms with Crippen LogP contribution < -0.4 is 10.1 Å². The molecule has 3 rings (SSSR count). The lowest BCUT2D eigenvalue weighted by atomic mass is 9.75. The van der Waals surface area contributed by atoms with Crippen molar-refractivity contribution in [1.29, 1.82) is 0 Å². The first kappa shape index (κ1) is 12.0. The summed E-state index contributed by atoms with van der Waals surface area (Å²) in [4.78, 5) is 0. The minimum atomic E-state index is 0.723. The van der Waals surface area contributed by atoms with Crippen molar-refractivity contribution in [3.05, 3.63) is 29.8 Å². The molecule has 2 saturated carbocycles. The summed E-state index contributed by atoms with van der Waals surface area (Å²) in [6, 6.07) is 9.99. The lowest BCUT2D eigenvalue weighted by Crippen LogP contribution is -2.45. The highest BCUT2D eigenvalue weighted by atomic mass is 16.5. The minimum Gasteiger partial charge on any atom is -0.497 e. The van der Waals surface area contributed by atoms with Crippen molar-refractivity contribution < 1.29 is 4.74 Å². The number of hydrogen-bond donors (Lipinski definition) is 1. The monoisotopic (exact) mass is 245 g/mol. The zero-order valence-corrected chi connectivity index (χ0v) is 11.4. The summed E-state index contributed by atoms with van der Waals surface area (Å²) in [6.45, 7) is 2.34. The van der Waals surface area contributed by atoms with Gasteiger partial charge in [0.15, 0.2) is 0 Å². The Hall–Kier alpha value is -1.02. The van der Waals surface area contributed by atoms with E-state index in [4.69, 9.17) is 4.74 Å². The van der Waals surface area contributed by atoms with Gasteiger partial charge in [-0.25, -0.2) is 0 Å². The van der Waals surface area contributed by atoms with Gasteiger partial charge in [-0.15, -0.1) is 0 Å². The van der Waals surface area contributed by atoms with Crippen LogP contribution in [0.4, 0.5) is 0 Å². The van der Waals surface area contributed by atoms with E-state index in [2.05, 4.69) is 30.4 Å². The minimum absolute atomic E-state index is 0.723. The summed E-state index contributed by atoms with van der Waals surface area (Å²) in [5.41, 5.74) is 1.44. The van der Waals surface area contributed by atoms with Crippen molar-refractivity contribution in [1.82, 2.24) is 5.32 Å². The first-order valence-corrected chi connectivity index (χ1v) is 7.16. The molecule has 0 bridgehead atoms. The van der Waals surface area contributed by atoms with Crippen LogP contribution in [0.25, 0.3) is 0 Å². The zero-order chi connectivity index (χ0) is 12.5. The van der Waals surface area contributed by atoms with Crippen LogP contribution in [0, 0.1) is 5.92 Å². The Kier molecular flexibility index (Phi) is 3.29. The lowest BCUT2D eigenvalue weighted by Gasteiger charge is -2.38. The summed E-state index contributed by atoms with van der Waals surface area (Å²) < 4.78 is 5.29. The van der Waals surface area contributed by atoms with E-state index in [0.717, 1.165) is 29.7 Å². The van der Waals surface area contributed by atoms with Gasteiger partial charge in [-0.3, -0.25) is 0 Å². The third kappa shape index (κ3) is 2.54. The van der Waals surface area contributed by atoms with Gasteiger partial charge in [-0.1, -0.05) is 12.1 Å². The molecule has 2 heteroatoms. The molecule has 0 radical (unpaired) electrons. The molecule has 1 N–H and O–H groups in total. The third-order valence-electron chi connectivity index (χ3n) is 4.53. The summed E-state index contributed by atoms with van der Waals surface area (Å²) in [7, 11) is 1.74. The highest BCUT2D eigenvalue weighted by Crippen LogP contribution is 2.40. The van der Waals surface area contributed by atoms with Crippen LogP contribution in [0.1, 0.15) is 44.1 Å². The summed E-state index contributed by atoms with van der Waals surface area (Å²) in [6.07, 6.45) is 5.43. The SMILES string of the molecule is COc1cccc(C2CC(NC(C)C3CC3)C2)c1. The average molecular weight is 245 g/mol. The molecule has 2 aliphatic rings. The maximum atomic E-state index is 5.29. The molecule has 2 fully saturated rings. The smallest absolute Gasteiger partial charge is 0.119 e. The molecule has 1 atom stereocenters. The number of benzene rings is 1. The molecule has 0 heterocycles. The lowest BCUT2D eigenvalue weighted by molar-refractivity contribution is 0.260. The molecule has 98 valence electrons. The summed E-state index contributed by atoms with van der Waals surface area (Å²) >= 11 is 0. The van der Waals surface area contributed by atoms with Crippen LogP contribution in [0.15, 0.2) is 24.3 Å². The van der Waals surface area contributed by atoms with Gasteiger partial charge in [-0.2, -0.15) is 0 Å². The van der Waals surface area contributed by atoms with Crippen molar-refractivity contribution in [2.75, 3.05) is 7.11 Å². The molecule has 1 aromatic carbocycles. The maximum absolute atomic E-state index is 5.29. The predicted molar refractivity (Wildman–Crippen MR) is 74.1 cm³/mol. The Morgan fingerprint density at radius 2 is 2.06 bits per heavy atom. The highest BCUT2D eigenvalue weighted by Gasteiger charge is 2.35. The van der Waals surface area contributed by atoms with E-state index in [-0.39, 0.29) is 0 Å². The second-order valence-corrected chi connectivity index (χ2v) is 5.93. The molecule has 18 heavy (non-hydrogen) atoms. The fourth-order valence-electron chi connectivity index (χ4n) is 3.03. The van der Waals surface area contributed by atoms with Gasteiger partial charge in [0.1, 0.15) is 5.75 Å². The second kappa shape index (κ2) is 4.93. The van der Waals surface area contributed by atoms with Gasteiger partial charge in [0.2, 0.25) is 0 Å². The fraction of sp³-hybridized carbons (Fsp3) is 0.625. The van der Waals surface area contributed by atoms with E-state index in [1.165, 1.54) is 31.2 Å².